The van der Waals surface area contributed by atoms with Gasteiger partial charge in [0.2, 0.25) is 0 Å². The van der Waals surface area contributed by atoms with E-state index in [9.17, 15) is 14.7 Å². The molecule has 5 nitrogen and oxygen atoms in total. The predicted octanol–water partition coefficient (Wildman–Crippen LogP) is 4.18. The molecule has 0 spiro atoms. The summed E-state index contributed by atoms with van der Waals surface area (Å²) in [6.45, 7) is 8.46. The van der Waals surface area contributed by atoms with Crippen molar-refractivity contribution in [2.24, 2.45) is 5.92 Å². The minimum absolute atomic E-state index is 0.0105. The SMILES string of the molecule is Cc1cccc(N2C(=O)C(O)=C(c3ccc(OCC(C)C)cc3)C2=O)c1C. The molecule has 1 aliphatic heterocycles. The summed E-state index contributed by atoms with van der Waals surface area (Å²) in [4.78, 5) is 26.6. The number of aliphatic hydroxyl groups excluding tert-OH is 1. The fraction of sp³-hybridized carbons (Fsp3) is 0.273. The quantitative estimate of drug-likeness (QED) is 0.807. The molecule has 2 amide bonds. The van der Waals surface area contributed by atoms with Crippen LogP contribution in [0.1, 0.15) is 30.5 Å². The number of aryl methyl sites for hydroxylation is 1. The molecule has 0 unspecified atom stereocenters. The number of nitrogens with zero attached hydrogens (tertiary/aromatic N) is 1. The summed E-state index contributed by atoms with van der Waals surface area (Å²) in [7, 11) is 0. The first-order chi connectivity index (χ1) is 12.8. The van der Waals surface area contributed by atoms with E-state index < -0.39 is 17.6 Å². The number of imide groups is 1. The fourth-order valence-electron chi connectivity index (χ4n) is 2.96. The van der Waals surface area contributed by atoms with E-state index in [4.69, 9.17) is 4.74 Å². The van der Waals surface area contributed by atoms with E-state index >= 15 is 0 Å². The number of carbonyl (C=O) groups excluding carboxylic acids is 2. The van der Waals surface area contributed by atoms with Crippen molar-refractivity contribution >= 4 is 23.1 Å². The minimum atomic E-state index is -0.705. The van der Waals surface area contributed by atoms with Crippen LogP contribution in [-0.2, 0) is 9.59 Å². The number of carbonyl (C=O) groups is 2. The largest absolute Gasteiger partial charge is 0.502 e. The number of ether oxygens (including phenoxy) is 1. The van der Waals surface area contributed by atoms with E-state index in [0.717, 1.165) is 16.0 Å². The van der Waals surface area contributed by atoms with E-state index in [-0.39, 0.29) is 5.57 Å². The summed E-state index contributed by atoms with van der Waals surface area (Å²) in [6, 6.07) is 12.2. The maximum Gasteiger partial charge on any atom is 0.301 e. The first-order valence-electron chi connectivity index (χ1n) is 8.92. The molecule has 5 heteroatoms. The number of amides is 2. The summed E-state index contributed by atoms with van der Waals surface area (Å²) >= 11 is 0. The second-order valence-electron chi connectivity index (χ2n) is 7.12. The van der Waals surface area contributed by atoms with Crippen LogP contribution in [0.5, 0.6) is 5.75 Å². The van der Waals surface area contributed by atoms with Crippen molar-refractivity contribution in [1.29, 1.82) is 0 Å². The zero-order valence-electron chi connectivity index (χ0n) is 15.9. The number of hydrogen-bond donors (Lipinski definition) is 1. The highest BCUT2D eigenvalue weighted by Gasteiger charge is 2.40. The molecule has 0 bridgehead atoms. The standard InChI is InChI=1S/C22H23NO4/c1-13(2)12-27-17-10-8-16(9-11-17)19-20(24)22(26)23(21(19)25)18-7-5-6-14(3)15(18)4/h5-11,13,24H,12H2,1-4H3. The van der Waals surface area contributed by atoms with Gasteiger partial charge in [-0.1, -0.05) is 38.1 Å². The second-order valence-corrected chi connectivity index (χ2v) is 7.12. The summed E-state index contributed by atoms with van der Waals surface area (Å²) < 4.78 is 5.64. The lowest BCUT2D eigenvalue weighted by Crippen LogP contribution is -2.32. The lowest BCUT2D eigenvalue weighted by molar-refractivity contribution is -0.121. The maximum absolute atomic E-state index is 12.9. The van der Waals surface area contributed by atoms with Crippen molar-refractivity contribution in [3.05, 3.63) is 64.9 Å². The molecule has 0 atom stereocenters. The van der Waals surface area contributed by atoms with Crippen LogP contribution in [0.15, 0.2) is 48.2 Å². The Morgan fingerprint density at radius 3 is 2.30 bits per heavy atom. The Hall–Kier alpha value is -3.08. The predicted molar refractivity (Wildman–Crippen MR) is 105 cm³/mol. The third-order valence-electron chi connectivity index (χ3n) is 4.60. The van der Waals surface area contributed by atoms with Gasteiger partial charge < -0.3 is 9.84 Å². The highest BCUT2D eigenvalue weighted by Crippen LogP contribution is 2.34. The number of aliphatic hydroxyl groups is 1. The average molecular weight is 365 g/mol. The Labute approximate surface area is 158 Å². The highest BCUT2D eigenvalue weighted by molar-refractivity contribution is 6.45. The molecule has 0 aliphatic carbocycles. The van der Waals surface area contributed by atoms with E-state index in [1.165, 1.54) is 0 Å². The summed E-state index contributed by atoms with van der Waals surface area (Å²) in [5, 5.41) is 10.4. The lowest BCUT2D eigenvalue weighted by atomic mass is 10.0. The first-order valence-corrected chi connectivity index (χ1v) is 8.92. The number of benzene rings is 2. The van der Waals surface area contributed by atoms with Gasteiger partial charge in [0.1, 0.15) is 5.75 Å². The van der Waals surface area contributed by atoms with Crippen molar-refractivity contribution < 1.29 is 19.4 Å². The monoisotopic (exact) mass is 365 g/mol. The van der Waals surface area contributed by atoms with Gasteiger partial charge in [-0.3, -0.25) is 9.59 Å². The average Bonchev–Trinajstić information content (AvgIpc) is 2.85. The Balaban J connectivity index is 1.92. The van der Waals surface area contributed by atoms with Gasteiger partial charge in [-0.2, -0.15) is 0 Å². The molecule has 1 N–H and O–H groups in total. The molecule has 0 saturated heterocycles. The molecule has 0 fully saturated rings. The van der Waals surface area contributed by atoms with Crippen LogP contribution in [0.2, 0.25) is 0 Å². The maximum atomic E-state index is 12.9. The summed E-state index contributed by atoms with van der Waals surface area (Å²) in [6.07, 6.45) is 0. The molecule has 1 heterocycles. The van der Waals surface area contributed by atoms with Gasteiger partial charge in [0.15, 0.2) is 5.76 Å². The van der Waals surface area contributed by atoms with Crippen molar-refractivity contribution in [2.45, 2.75) is 27.7 Å². The van der Waals surface area contributed by atoms with Crippen molar-refractivity contribution in [1.82, 2.24) is 0 Å². The van der Waals surface area contributed by atoms with Gasteiger partial charge in [0.05, 0.1) is 17.9 Å². The number of anilines is 1. The van der Waals surface area contributed by atoms with Gasteiger partial charge in [-0.05, 0) is 54.7 Å². The Kier molecular flexibility index (Phi) is 5.04. The Bertz CT molecular complexity index is 926. The van der Waals surface area contributed by atoms with E-state index in [2.05, 4.69) is 13.8 Å². The molecular formula is C22H23NO4. The van der Waals surface area contributed by atoms with Crippen LogP contribution in [0.3, 0.4) is 0 Å². The first kappa shape index (κ1) is 18.7. The summed E-state index contributed by atoms with van der Waals surface area (Å²) in [5.41, 5.74) is 2.77. The molecule has 1 aliphatic rings. The normalized spacial score (nSPS) is 14.5. The zero-order chi connectivity index (χ0) is 19.7. The fourth-order valence-corrected chi connectivity index (χ4v) is 2.96. The number of hydrogen-bond acceptors (Lipinski definition) is 4. The minimum Gasteiger partial charge on any atom is -0.502 e. The van der Waals surface area contributed by atoms with E-state index in [0.29, 0.717) is 29.5 Å². The zero-order valence-corrected chi connectivity index (χ0v) is 15.9. The van der Waals surface area contributed by atoms with Gasteiger partial charge in [-0.15, -0.1) is 0 Å². The van der Waals surface area contributed by atoms with Crippen molar-refractivity contribution in [3.8, 4) is 5.75 Å². The van der Waals surface area contributed by atoms with E-state index in [1.54, 1.807) is 36.4 Å². The van der Waals surface area contributed by atoms with Crippen LogP contribution in [-0.4, -0.2) is 23.5 Å². The molecule has 0 radical (unpaired) electrons. The van der Waals surface area contributed by atoms with Crippen molar-refractivity contribution in [3.63, 3.8) is 0 Å². The Morgan fingerprint density at radius 1 is 1.00 bits per heavy atom. The van der Waals surface area contributed by atoms with Crippen LogP contribution in [0, 0.1) is 19.8 Å². The van der Waals surface area contributed by atoms with Gasteiger partial charge in [0, 0.05) is 0 Å². The number of rotatable bonds is 5. The third kappa shape index (κ3) is 3.45. The Morgan fingerprint density at radius 2 is 1.67 bits per heavy atom. The molecule has 0 saturated carbocycles. The van der Waals surface area contributed by atoms with Crippen molar-refractivity contribution in [2.75, 3.05) is 11.5 Å². The smallest absolute Gasteiger partial charge is 0.301 e. The van der Waals surface area contributed by atoms with Gasteiger partial charge in [0.25, 0.3) is 5.91 Å². The van der Waals surface area contributed by atoms with Crippen LogP contribution < -0.4 is 9.64 Å². The van der Waals surface area contributed by atoms with E-state index in [1.807, 2.05) is 19.9 Å². The second kappa shape index (κ2) is 7.27. The topological polar surface area (TPSA) is 66.8 Å². The highest BCUT2D eigenvalue weighted by atomic mass is 16.5. The molecule has 3 rings (SSSR count). The molecule has 2 aromatic carbocycles. The van der Waals surface area contributed by atoms with Crippen LogP contribution in [0.4, 0.5) is 5.69 Å². The van der Waals surface area contributed by atoms with Crippen LogP contribution in [0.25, 0.3) is 5.57 Å². The molecule has 0 aromatic heterocycles. The molecular weight excluding hydrogens is 342 g/mol. The molecule has 2 aromatic rings. The van der Waals surface area contributed by atoms with Gasteiger partial charge in [-0.25, -0.2) is 4.90 Å². The molecule has 27 heavy (non-hydrogen) atoms. The third-order valence-corrected chi connectivity index (χ3v) is 4.60. The summed E-state index contributed by atoms with van der Waals surface area (Å²) in [5.74, 6) is -0.685. The van der Waals surface area contributed by atoms with Gasteiger partial charge >= 0.3 is 5.91 Å². The lowest BCUT2D eigenvalue weighted by Gasteiger charge is -2.18. The van der Waals surface area contributed by atoms with Crippen LogP contribution >= 0.6 is 0 Å². The molecule has 140 valence electrons.